The van der Waals surface area contributed by atoms with Crippen molar-refractivity contribution >= 4 is 11.0 Å². The van der Waals surface area contributed by atoms with Crippen molar-refractivity contribution in [3.63, 3.8) is 0 Å². The van der Waals surface area contributed by atoms with Gasteiger partial charge in [-0.1, -0.05) is 36.4 Å². The van der Waals surface area contributed by atoms with Crippen LogP contribution in [-0.2, 0) is 6.42 Å². The van der Waals surface area contributed by atoms with Crippen molar-refractivity contribution in [2.45, 2.75) is 25.4 Å². The van der Waals surface area contributed by atoms with Crippen LogP contribution in [0.3, 0.4) is 0 Å². The Morgan fingerprint density at radius 1 is 1.00 bits per heavy atom. The van der Waals surface area contributed by atoms with Gasteiger partial charge in [0.1, 0.15) is 29.8 Å². The highest BCUT2D eigenvalue weighted by Crippen LogP contribution is 2.26. The minimum absolute atomic E-state index is 0.136. The first kappa shape index (κ1) is 16.6. The number of hydrogen-bond acceptors (Lipinski definition) is 4. The van der Waals surface area contributed by atoms with E-state index in [1.165, 1.54) is 0 Å². The average molecular weight is 326 g/mol. The monoisotopic (exact) mass is 326 g/mol. The first-order chi connectivity index (χ1) is 11.8. The fraction of sp³-hybridized carbons (Fsp3) is 0.300. The van der Waals surface area contributed by atoms with Gasteiger partial charge in [0.15, 0.2) is 0 Å². The molecule has 0 aliphatic heterocycles. The number of aliphatic hydroxyl groups excluding tert-OH is 2. The Balaban J connectivity index is 1.64. The van der Waals surface area contributed by atoms with E-state index in [4.69, 9.17) is 14.3 Å². The maximum atomic E-state index is 10.3. The van der Waals surface area contributed by atoms with Gasteiger partial charge in [0.2, 0.25) is 0 Å². The van der Waals surface area contributed by atoms with E-state index in [0.29, 0.717) is 5.76 Å². The fourth-order valence-corrected chi connectivity index (χ4v) is 2.70. The number of aliphatic hydroxyl groups is 2. The summed E-state index contributed by atoms with van der Waals surface area (Å²) in [6.45, 7) is 0.338. The highest BCUT2D eigenvalue weighted by atomic mass is 16.5. The second-order valence-corrected chi connectivity index (χ2v) is 5.80. The molecule has 24 heavy (non-hydrogen) atoms. The summed E-state index contributed by atoms with van der Waals surface area (Å²) in [5.74, 6) is 1.28. The predicted octanol–water partition coefficient (Wildman–Crippen LogP) is 3.86. The summed E-state index contributed by atoms with van der Waals surface area (Å²) in [5.41, 5.74) is 1.85. The zero-order valence-corrected chi connectivity index (χ0v) is 13.5. The minimum atomic E-state index is -0.817. The zero-order valence-electron chi connectivity index (χ0n) is 13.5. The van der Waals surface area contributed by atoms with Gasteiger partial charge in [-0.25, -0.2) is 0 Å². The lowest BCUT2D eigenvalue weighted by molar-refractivity contribution is 0.0898. The predicted molar refractivity (Wildman–Crippen MR) is 93.1 cm³/mol. The summed E-state index contributed by atoms with van der Waals surface area (Å²) in [6, 6.07) is 17.3. The van der Waals surface area contributed by atoms with Crippen LogP contribution in [0.1, 0.15) is 30.3 Å². The number of para-hydroxylation sites is 2. The van der Waals surface area contributed by atoms with Gasteiger partial charge in [0, 0.05) is 12.0 Å². The third kappa shape index (κ3) is 3.96. The first-order valence-corrected chi connectivity index (χ1v) is 8.26. The van der Waals surface area contributed by atoms with Crippen molar-refractivity contribution < 1.29 is 19.4 Å². The molecule has 1 aromatic heterocycles. The van der Waals surface area contributed by atoms with Crippen LogP contribution in [0.15, 0.2) is 59.0 Å². The second kappa shape index (κ2) is 7.99. The lowest BCUT2D eigenvalue weighted by Gasteiger charge is -2.13. The second-order valence-electron chi connectivity index (χ2n) is 5.80. The molecule has 1 atom stereocenters. The van der Waals surface area contributed by atoms with Crippen molar-refractivity contribution in [2.75, 3.05) is 13.2 Å². The van der Waals surface area contributed by atoms with Crippen LogP contribution in [-0.4, -0.2) is 23.4 Å². The number of furan rings is 1. The smallest absolute Gasteiger partial charge is 0.145 e. The van der Waals surface area contributed by atoms with Crippen LogP contribution < -0.4 is 4.74 Å². The Kier molecular flexibility index (Phi) is 5.51. The van der Waals surface area contributed by atoms with Crippen molar-refractivity contribution in [2.24, 2.45) is 0 Å². The molecule has 4 nitrogen and oxygen atoms in total. The molecule has 0 aliphatic carbocycles. The van der Waals surface area contributed by atoms with Crippen molar-refractivity contribution in [3.8, 4) is 5.75 Å². The van der Waals surface area contributed by atoms with E-state index in [1.807, 2.05) is 54.6 Å². The molecule has 2 aromatic carbocycles. The van der Waals surface area contributed by atoms with Gasteiger partial charge in [-0.15, -0.1) is 0 Å². The maximum absolute atomic E-state index is 10.3. The van der Waals surface area contributed by atoms with Gasteiger partial charge >= 0.3 is 0 Å². The van der Waals surface area contributed by atoms with Crippen molar-refractivity contribution in [3.05, 3.63) is 65.9 Å². The van der Waals surface area contributed by atoms with E-state index >= 15 is 0 Å². The minimum Gasteiger partial charge on any atom is -0.490 e. The fourth-order valence-electron chi connectivity index (χ4n) is 2.70. The summed E-state index contributed by atoms with van der Waals surface area (Å²) < 4.78 is 11.5. The quantitative estimate of drug-likeness (QED) is 0.617. The highest BCUT2D eigenvalue weighted by molar-refractivity contribution is 5.77. The van der Waals surface area contributed by atoms with E-state index in [1.54, 1.807) is 0 Å². The highest BCUT2D eigenvalue weighted by Gasteiger charge is 2.15. The Morgan fingerprint density at radius 2 is 1.79 bits per heavy atom. The number of aryl methyl sites for hydroxylation is 1. The van der Waals surface area contributed by atoms with Gasteiger partial charge in [0.25, 0.3) is 0 Å². The van der Waals surface area contributed by atoms with Gasteiger partial charge in [-0.05, 0) is 43.0 Å². The topological polar surface area (TPSA) is 62.8 Å². The molecule has 2 N–H and O–H groups in total. The Hall–Kier alpha value is -2.30. The molecular formula is C20H22O4. The number of unbranched alkanes of at least 4 members (excludes halogenated alkanes) is 1. The van der Waals surface area contributed by atoms with E-state index in [0.717, 1.165) is 41.5 Å². The van der Waals surface area contributed by atoms with Crippen LogP contribution in [0.25, 0.3) is 11.0 Å². The van der Waals surface area contributed by atoms with Crippen LogP contribution >= 0.6 is 0 Å². The number of benzene rings is 2. The first-order valence-electron chi connectivity index (χ1n) is 8.26. The number of fused-ring (bicyclic) bond motifs is 1. The molecule has 1 unspecified atom stereocenters. The molecule has 4 heteroatoms. The van der Waals surface area contributed by atoms with E-state index in [9.17, 15) is 5.11 Å². The van der Waals surface area contributed by atoms with E-state index in [2.05, 4.69) is 0 Å². The van der Waals surface area contributed by atoms with Crippen LogP contribution in [0.2, 0.25) is 0 Å². The summed E-state index contributed by atoms with van der Waals surface area (Å²) in [5, 5.41) is 20.2. The van der Waals surface area contributed by atoms with Gasteiger partial charge in [0.05, 0.1) is 0 Å². The SMILES string of the molecule is OCCCCc1ccccc1OCC(O)c1cc2ccccc2o1. The lowest BCUT2D eigenvalue weighted by Crippen LogP contribution is -2.10. The molecule has 0 radical (unpaired) electrons. The molecule has 0 bridgehead atoms. The standard InChI is InChI=1S/C20H22O4/c21-12-6-5-8-15-7-1-3-10-18(15)23-14-17(22)20-13-16-9-2-4-11-19(16)24-20/h1-4,7,9-11,13,17,21-22H,5-6,8,12,14H2. The molecule has 3 rings (SSSR count). The summed E-state index contributed by atoms with van der Waals surface area (Å²) in [6.07, 6.45) is 1.71. The number of hydrogen-bond donors (Lipinski definition) is 2. The van der Waals surface area contributed by atoms with Gasteiger partial charge in [-0.3, -0.25) is 0 Å². The Bertz CT molecular complexity index is 745. The normalized spacial score (nSPS) is 12.4. The number of rotatable bonds is 8. The molecule has 3 aromatic rings. The zero-order chi connectivity index (χ0) is 16.8. The van der Waals surface area contributed by atoms with Crippen molar-refractivity contribution in [1.82, 2.24) is 0 Å². The number of ether oxygens (including phenoxy) is 1. The largest absolute Gasteiger partial charge is 0.490 e. The van der Waals surface area contributed by atoms with Crippen LogP contribution in [0.5, 0.6) is 5.75 Å². The van der Waals surface area contributed by atoms with E-state index < -0.39 is 6.10 Å². The van der Waals surface area contributed by atoms with Crippen molar-refractivity contribution in [1.29, 1.82) is 0 Å². The van der Waals surface area contributed by atoms with E-state index in [-0.39, 0.29) is 13.2 Å². The third-order valence-corrected chi connectivity index (χ3v) is 4.00. The van der Waals surface area contributed by atoms with Gasteiger partial charge < -0.3 is 19.4 Å². The van der Waals surface area contributed by atoms with Crippen LogP contribution in [0, 0.1) is 0 Å². The summed E-state index contributed by atoms with van der Waals surface area (Å²) in [4.78, 5) is 0. The molecule has 0 aliphatic rings. The molecule has 0 spiro atoms. The molecule has 0 amide bonds. The lowest BCUT2D eigenvalue weighted by atomic mass is 10.1. The molecule has 126 valence electrons. The third-order valence-electron chi connectivity index (χ3n) is 4.00. The van der Waals surface area contributed by atoms with Gasteiger partial charge in [-0.2, -0.15) is 0 Å². The maximum Gasteiger partial charge on any atom is 0.145 e. The molecular weight excluding hydrogens is 304 g/mol. The molecule has 0 fully saturated rings. The summed E-state index contributed by atoms with van der Waals surface area (Å²) in [7, 11) is 0. The van der Waals surface area contributed by atoms with Crippen LogP contribution in [0.4, 0.5) is 0 Å². The Labute approximate surface area is 141 Å². The molecule has 0 saturated carbocycles. The molecule has 1 heterocycles. The average Bonchev–Trinajstić information content (AvgIpc) is 3.05. The summed E-state index contributed by atoms with van der Waals surface area (Å²) >= 11 is 0. The molecule has 0 saturated heterocycles. The Morgan fingerprint density at radius 3 is 2.62 bits per heavy atom.